The second kappa shape index (κ2) is 19.4. The largest absolute Gasteiger partial charge is 0.447 e. The Kier molecular flexibility index (Phi) is 17.7. The Hall–Kier alpha value is -0.580. The summed E-state index contributed by atoms with van der Waals surface area (Å²) in [6.07, 6.45) is 4.98. The lowest BCUT2D eigenvalue weighted by Gasteiger charge is -2.30. The molecular weight excluding hydrogens is 398 g/mol. The van der Waals surface area contributed by atoms with E-state index in [1.165, 1.54) is 0 Å². The maximum Gasteiger partial charge on any atom is 0.409 e. The molecule has 1 saturated heterocycles. The lowest BCUT2D eigenvalue weighted by molar-refractivity contribution is -0.0147. The number of thioether (sulfide) groups is 1. The number of rotatable bonds is 18. The molecule has 1 amide bonds. The molecule has 29 heavy (non-hydrogen) atoms. The van der Waals surface area contributed by atoms with E-state index >= 15 is 0 Å². The molecule has 1 aliphatic heterocycles. The van der Waals surface area contributed by atoms with Crippen LogP contribution in [0.4, 0.5) is 4.79 Å². The van der Waals surface area contributed by atoms with Crippen molar-refractivity contribution in [1.29, 1.82) is 0 Å². The number of likely N-dealkylation sites (tertiary alicyclic amines) is 1. The maximum absolute atomic E-state index is 11.9. The number of piperidine rings is 1. The summed E-state index contributed by atoms with van der Waals surface area (Å²) in [6, 6.07) is 0. The Morgan fingerprint density at radius 1 is 0.759 bits per heavy atom. The van der Waals surface area contributed by atoms with Gasteiger partial charge in [0.15, 0.2) is 0 Å². The summed E-state index contributed by atoms with van der Waals surface area (Å²) in [5.41, 5.74) is 0. The standard InChI is InChI=1S/C20H39NO7S/c1-3-8-23-9-10-24-11-12-25-13-14-26-15-16-27-17-18-28-20(22)21-6-4-19(29-2)5-7-21/h19H,3-18H2,1-2H3. The quantitative estimate of drug-likeness (QED) is 0.303. The molecule has 0 aromatic rings. The SMILES string of the molecule is CCCOCCOCCOCCOCCOCCOC(=O)N1CCC(SC)CC1. The molecule has 0 unspecified atom stereocenters. The monoisotopic (exact) mass is 437 g/mol. The van der Waals surface area contributed by atoms with Crippen LogP contribution in [0.15, 0.2) is 0 Å². The number of carbonyl (C=O) groups is 1. The molecular formula is C20H39NO7S. The molecule has 8 nitrogen and oxygen atoms in total. The van der Waals surface area contributed by atoms with Gasteiger partial charge in [0, 0.05) is 24.9 Å². The van der Waals surface area contributed by atoms with Crippen LogP contribution < -0.4 is 0 Å². The molecule has 0 radical (unpaired) electrons. The van der Waals surface area contributed by atoms with Crippen molar-refractivity contribution in [3.05, 3.63) is 0 Å². The molecule has 1 aliphatic rings. The molecule has 1 fully saturated rings. The lowest BCUT2D eigenvalue weighted by atomic mass is 10.1. The molecule has 0 aromatic heterocycles. The van der Waals surface area contributed by atoms with E-state index in [1.807, 2.05) is 11.8 Å². The second-order valence-corrected chi connectivity index (χ2v) is 7.74. The van der Waals surface area contributed by atoms with Gasteiger partial charge in [0.25, 0.3) is 0 Å². The predicted octanol–water partition coefficient (Wildman–Crippen LogP) is 2.44. The fourth-order valence-electron chi connectivity index (χ4n) is 2.68. The van der Waals surface area contributed by atoms with Gasteiger partial charge in [-0.15, -0.1) is 0 Å². The topological polar surface area (TPSA) is 75.7 Å². The number of carbonyl (C=O) groups excluding carboxylic acids is 1. The third-order valence-corrected chi connectivity index (χ3v) is 5.46. The highest BCUT2D eigenvalue weighted by Crippen LogP contribution is 2.21. The van der Waals surface area contributed by atoms with E-state index in [0.717, 1.165) is 39.0 Å². The van der Waals surface area contributed by atoms with Gasteiger partial charge < -0.3 is 33.3 Å². The molecule has 0 aromatic carbocycles. The average Bonchev–Trinajstić information content (AvgIpc) is 2.75. The number of hydrogen-bond acceptors (Lipinski definition) is 8. The summed E-state index contributed by atoms with van der Waals surface area (Å²) in [5.74, 6) is 0. The Morgan fingerprint density at radius 3 is 1.59 bits per heavy atom. The Morgan fingerprint density at radius 2 is 1.17 bits per heavy atom. The van der Waals surface area contributed by atoms with Crippen LogP contribution in [-0.4, -0.2) is 108 Å². The molecule has 0 saturated carbocycles. The minimum atomic E-state index is -0.237. The van der Waals surface area contributed by atoms with Crippen molar-refractivity contribution in [3.8, 4) is 0 Å². The van der Waals surface area contributed by atoms with Gasteiger partial charge in [0.05, 0.1) is 59.5 Å². The zero-order chi connectivity index (χ0) is 21.0. The normalized spacial score (nSPS) is 15.0. The van der Waals surface area contributed by atoms with E-state index in [-0.39, 0.29) is 12.7 Å². The van der Waals surface area contributed by atoms with E-state index in [2.05, 4.69) is 13.2 Å². The molecule has 0 N–H and O–H groups in total. The van der Waals surface area contributed by atoms with Gasteiger partial charge in [-0.3, -0.25) is 0 Å². The van der Waals surface area contributed by atoms with E-state index in [0.29, 0.717) is 64.7 Å². The van der Waals surface area contributed by atoms with Crippen LogP contribution in [0.2, 0.25) is 0 Å². The van der Waals surface area contributed by atoms with Crippen LogP contribution in [-0.2, 0) is 28.4 Å². The van der Waals surface area contributed by atoms with Crippen LogP contribution in [0.3, 0.4) is 0 Å². The van der Waals surface area contributed by atoms with Crippen molar-refractivity contribution in [2.75, 3.05) is 92.0 Å². The number of amides is 1. The third kappa shape index (κ3) is 15.0. The summed E-state index contributed by atoms with van der Waals surface area (Å²) >= 11 is 1.87. The number of ether oxygens (including phenoxy) is 6. The van der Waals surface area contributed by atoms with Gasteiger partial charge in [0.2, 0.25) is 0 Å². The van der Waals surface area contributed by atoms with Crippen LogP contribution in [0.1, 0.15) is 26.2 Å². The van der Waals surface area contributed by atoms with Gasteiger partial charge >= 0.3 is 6.09 Å². The lowest BCUT2D eigenvalue weighted by Crippen LogP contribution is -2.39. The highest BCUT2D eigenvalue weighted by molar-refractivity contribution is 7.99. The first kappa shape index (κ1) is 26.5. The van der Waals surface area contributed by atoms with Crippen LogP contribution >= 0.6 is 11.8 Å². The van der Waals surface area contributed by atoms with Crippen molar-refractivity contribution >= 4 is 17.9 Å². The molecule has 0 atom stereocenters. The summed E-state index contributed by atoms with van der Waals surface area (Å²) in [5, 5.41) is 0.663. The van der Waals surface area contributed by atoms with Crippen LogP contribution in [0.5, 0.6) is 0 Å². The van der Waals surface area contributed by atoms with E-state index in [1.54, 1.807) is 4.90 Å². The van der Waals surface area contributed by atoms with E-state index < -0.39 is 0 Å². The van der Waals surface area contributed by atoms with Crippen LogP contribution in [0.25, 0.3) is 0 Å². The molecule has 9 heteroatoms. The zero-order valence-electron chi connectivity index (χ0n) is 18.1. The fraction of sp³-hybridized carbons (Fsp3) is 0.950. The molecule has 172 valence electrons. The van der Waals surface area contributed by atoms with E-state index in [9.17, 15) is 4.79 Å². The summed E-state index contributed by atoms with van der Waals surface area (Å²) in [7, 11) is 0. The molecule has 0 bridgehead atoms. The number of hydrogen-bond donors (Lipinski definition) is 0. The third-order valence-electron chi connectivity index (χ3n) is 4.32. The minimum Gasteiger partial charge on any atom is -0.447 e. The highest BCUT2D eigenvalue weighted by atomic mass is 32.2. The highest BCUT2D eigenvalue weighted by Gasteiger charge is 2.22. The Labute approximate surface area is 179 Å². The van der Waals surface area contributed by atoms with Crippen molar-refractivity contribution < 1.29 is 33.2 Å². The van der Waals surface area contributed by atoms with Crippen molar-refractivity contribution in [2.45, 2.75) is 31.4 Å². The van der Waals surface area contributed by atoms with Crippen LogP contribution in [0, 0.1) is 0 Å². The Bertz CT molecular complexity index is 382. The van der Waals surface area contributed by atoms with Crippen molar-refractivity contribution in [1.82, 2.24) is 4.90 Å². The molecule has 0 aliphatic carbocycles. The summed E-state index contributed by atoms with van der Waals surface area (Å²) < 4.78 is 32.2. The van der Waals surface area contributed by atoms with Gasteiger partial charge in [-0.25, -0.2) is 4.79 Å². The first-order valence-electron chi connectivity index (χ1n) is 10.6. The molecule has 1 heterocycles. The Balaban J connectivity index is 1.75. The predicted molar refractivity (Wildman–Crippen MR) is 114 cm³/mol. The smallest absolute Gasteiger partial charge is 0.409 e. The van der Waals surface area contributed by atoms with Crippen molar-refractivity contribution in [3.63, 3.8) is 0 Å². The summed E-state index contributed by atoms with van der Waals surface area (Å²) in [6.45, 7) is 9.42. The summed E-state index contributed by atoms with van der Waals surface area (Å²) in [4.78, 5) is 13.7. The maximum atomic E-state index is 11.9. The molecule has 0 spiro atoms. The van der Waals surface area contributed by atoms with Gasteiger partial charge in [-0.1, -0.05) is 6.92 Å². The first-order valence-corrected chi connectivity index (χ1v) is 11.9. The van der Waals surface area contributed by atoms with Gasteiger partial charge in [0.1, 0.15) is 6.61 Å². The average molecular weight is 438 g/mol. The van der Waals surface area contributed by atoms with E-state index in [4.69, 9.17) is 28.4 Å². The van der Waals surface area contributed by atoms with Crippen molar-refractivity contribution in [2.24, 2.45) is 0 Å². The molecule has 1 rings (SSSR count). The minimum absolute atomic E-state index is 0.237. The van der Waals surface area contributed by atoms with Gasteiger partial charge in [-0.2, -0.15) is 11.8 Å². The van der Waals surface area contributed by atoms with Gasteiger partial charge in [-0.05, 0) is 25.5 Å². The zero-order valence-corrected chi connectivity index (χ0v) is 18.9. The second-order valence-electron chi connectivity index (χ2n) is 6.60. The first-order chi connectivity index (χ1) is 14.3. The fourth-order valence-corrected chi connectivity index (χ4v) is 3.36. The number of nitrogens with zero attached hydrogens (tertiary/aromatic N) is 1.